The van der Waals surface area contributed by atoms with Crippen LogP contribution in [-0.4, -0.2) is 66.5 Å². The molecule has 3 aromatic heterocycles. The number of anilines is 1. The molecule has 0 aliphatic carbocycles. The first-order valence-corrected chi connectivity index (χ1v) is 10.8. The highest BCUT2D eigenvalue weighted by atomic mass is 16.3. The molecule has 170 valence electrons. The quantitative estimate of drug-likeness (QED) is 0.530. The van der Waals surface area contributed by atoms with Gasteiger partial charge < -0.3 is 21.1 Å². The summed E-state index contributed by atoms with van der Waals surface area (Å²) in [5, 5.41) is 21.8. The topological polar surface area (TPSA) is 131 Å². The van der Waals surface area contributed by atoms with Crippen LogP contribution in [0.5, 0.6) is 0 Å². The van der Waals surface area contributed by atoms with E-state index < -0.39 is 12.0 Å². The number of hydrogen-bond acceptors (Lipinski definition) is 6. The van der Waals surface area contributed by atoms with Gasteiger partial charge >= 0.3 is 0 Å². The molecule has 4 N–H and O–H groups in total. The van der Waals surface area contributed by atoms with Crippen molar-refractivity contribution in [1.29, 1.82) is 0 Å². The second-order valence-electron chi connectivity index (χ2n) is 8.43. The molecule has 3 aromatic rings. The van der Waals surface area contributed by atoms with E-state index in [1.54, 1.807) is 20.3 Å². The third kappa shape index (κ3) is 4.05. The Bertz CT molecular complexity index is 1150. The standard InChI is InChI=1S/C22H29N7O3/c1-4-14-11-28(22(32)13(2)30)6-5-18(14)26-20-17(21(23)31)9-25-29-12-15(7-19(20)29)16-8-24-27(3)10-16/h7-10,12-14,18,26,30H,4-6,11H2,1-3H3,(H2,23,31)/t13-,14-,18-/m1/s1. The molecule has 3 atom stereocenters. The van der Waals surface area contributed by atoms with Gasteiger partial charge in [-0.3, -0.25) is 14.3 Å². The number of aromatic nitrogens is 4. The summed E-state index contributed by atoms with van der Waals surface area (Å²) >= 11 is 0. The lowest BCUT2D eigenvalue weighted by molar-refractivity contribution is -0.141. The van der Waals surface area contributed by atoms with Gasteiger partial charge in [-0.25, -0.2) is 4.52 Å². The lowest BCUT2D eigenvalue weighted by Gasteiger charge is -2.39. The molecule has 4 rings (SSSR count). The zero-order valence-electron chi connectivity index (χ0n) is 18.5. The average Bonchev–Trinajstić information content (AvgIpc) is 3.39. The summed E-state index contributed by atoms with van der Waals surface area (Å²) in [6.45, 7) is 4.65. The van der Waals surface area contributed by atoms with Crippen LogP contribution in [0.25, 0.3) is 16.6 Å². The van der Waals surface area contributed by atoms with Gasteiger partial charge in [0.25, 0.3) is 11.8 Å². The number of hydrogen-bond donors (Lipinski definition) is 3. The van der Waals surface area contributed by atoms with Crippen molar-refractivity contribution in [3.8, 4) is 11.1 Å². The maximum Gasteiger partial charge on any atom is 0.252 e. The van der Waals surface area contributed by atoms with Crippen molar-refractivity contribution in [2.45, 2.75) is 38.8 Å². The monoisotopic (exact) mass is 439 g/mol. The van der Waals surface area contributed by atoms with Gasteiger partial charge in [0.2, 0.25) is 0 Å². The zero-order chi connectivity index (χ0) is 23.0. The number of piperidine rings is 1. The van der Waals surface area contributed by atoms with Crippen LogP contribution in [-0.2, 0) is 11.8 Å². The van der Waals surface area contributed by atoms with E-state index >= 15 is 0 Å². The van der Waals surface area contributed by atoms with E-state index in [9.17, 15) is 14.7 Å². The maximum absolute atomic E-state index is 12.3. The number of primary amides is 1. The summed E-state index contributed by atoms with van der Waals surface area (Å²) in [7, 11) is 1.86. The molecule has 0 aromatic carbocycles. The summed E-state index contributed by atoms with van der Waals surface area (Å²) in [5.41, 5.74) is 9.26. The van der Waals surface area contributed by atoms with Gasteiger partial charge in [0.05, 0.1) is 29.2 Å². The molecule has 10 heteroatoms. The summed E-state index contributed by atoms with van der Waals surface area (Å²) in [5.74, 6) is -0.645. The lowest BCUT2D eigenvalue weighted by Crippen LogP contribution is -2.50. The second-order valence-corrected chi connectivity index (χ2v) is 8.43. The molecule has 1 aliphatic rings. The molecule has 0 saturated carbocycles. The predicted octanol–water partition coefficient (Wildman–Crippen LogP) is 1.25. The molecular weight excluding hydrogens is 410 g/mol. The van der Waals surface area contributed by atoms with Crippen molar-refractivity contribution >= 4 is 23.0 Å². The Morgan fingerprint density at radius 1 is 1.28 bits per heavy atom. The van der Waals surface area contributed by atoms with Crippen LogP contribution in [0, 0.1) is 5.92 Å². The Balaban J connectivity index is 1.68. The highest BCUT2D eigenvalue weighted by Crippen LogP contribution is 2.31. The van der Waals surface area contributed by atoms with Gasteiger partial charge in [-0.15, -0.1) is 0 Å². The van der Waals surface area contributed by atoms with E-state index in [2.05, 4.69) is 22.4 Å². The minimum Gasteiger partial charge on any atom is -0.384 e. The minimum absolute atomic E-state index is 0.0408. The normalized spacial score (nSPS) is 19.8. The van der Waals surface area contributed by atoms with Crippen LogP contribution in [0.4, 0.5) is 5.69 Å². The minimum atomic E-state index is -1.01. The Morgan fingerprint density at radius 3 is 2.69 bits per heavy atom. The number of aryl methyl sites for hydroxylation is 1. The fourth-order valence-electron chi connectivity index (χ4n) is 4.41. The van der Waals surface area contributed by atoms with Crippen LogP contribution in [0.3, 0.4) is 0 Å². The average molecular weight is 440 g/mol. The van der Waals surface area contributed by atoms with Gasteiger partial charge in [0.15, 0.2) is 0 Å². The van der Waals surface area contributed by atoms with Gasteiger partial charge in [-0.05, 0) is 31.7 Å². The Morgan fingerprint density at radius 2 is 2.06 bits per heavy atom. The highest BCUT2D eigenvalue weighted by Gasteiger charge is 2.32. The first kappa shape index (κ1) is 21.8. The van der Waals surface area contributed by atoms with Gasteiger partial charge in [0.1, 0.15) is 6.10 Å². The van der Waals surface area contributed by atoms with E-state index in [0.717, 1.165) is 23.1 Å². The van der Waals surface area contributed by atoms with Crippen molar-refractivity contribution in [2.24, 2.45) is 18.7 Å². The Kier molecular flexibility index (Phi) is 5.88. The summed E-state index contributed by atoms with van der Waals surface area (Å²) in [6, 6.07) is 2.00. The van der Waals surface area contributed by atoms with E-state index in [-0.39, 0.29) is 17.9 Å². The fourth-order valence-corrected chi connectivity index (χ4v) is 4.41. The number of rotatable bonds is 6. The molecule has 32 heavy (non-hydrogen) atoms. The molecule has 0 spiro atoms. The van der Waals surface area contributed by atoms with Gasteiger partial charge in [0, 0.05) is 49.7 Å². The predicted molar refractivity (Wildman–Crippen MR) is 120 cm³/mol. The molecule has 1 fully saturated rings. The number of aliphatic hydroxyl groups is 1. The van der Waals surface area contributed by atoms with Crippen LogP contribution >= 0.6 is 0 Å². The first-order valence-electron chi connectivity index (χ1n) is 10.8. The van der Waals surface area contributed by atoms with E-state index in [1.807, 2.05) is 25.5 Å². The fraction of sp³-hybridized carbons (Fsp3) is 0.455. The zero-order valence-corrected chi connectivity index (χ0v) is 18.5. The Labute approximate surface area is 186 Å². The third-order valence-electron chi connectivity index (χ3n) is 6.20. The van der Waals surface area contributed by atoms with Gasteiger partial charge in [-0.1, -0.05) is 6.92 Å². The lowest BCUT2D eigenvalue weighted by atomic mass is 9.89. The third-order valence-corrected chi connectivity index (χ3v) is 6.20. The molecule has 2 amide bonds. The smallest absolute Gasteiger partial charge is 0.252 e. The maximum atomic E-state index is 12.3. The molecule has 1 saturated heterocycles. The van der Waals surface area contributed by atoms with E-state index in [1.165, 1.54) is 13.1 Å². The summed E-state index contributed by atoms with van der Waals surface area (Å²) in [4.78, 5) is 26.2. The molecule has 1 aliphatic heterocycles. The molecule has 10 nitrogen and oxygen atoms in total. The van der Waals surface area contributed by atoms with Crippen LogP contribution in [0.1, 0.15) is 37.0 Å². The number of aliphatic hydroxyl groups excluding tert-OH is 1. The number of nitrogens with zero attached hydrogens (tertiary/aromatic N) is 5. The van der Waals surface area contributed by atoms with Crippen LogP contribution in [0.15, 0.2) is 30.9 Å². The molecule has 0 bridgehead atoms. The molecule has 4 heterocycles. The number of carbonyl (C=O) groups excluding carboxylic acids is 2. The highest BCUT2D eigenvalue weighted by molar-refractivity contribution is 6.02. The van der Waals surface area contributed by atoms with Crippen LogP contribution < -0.4 is 11.1 Å². The summed E-state index contributed by atoms with van der Waals surface area (Å²) in [6.07, 6.45) is 7.60. The summed E-state index contributed by atoms with van der Waals surface area (Å²) < 4.78 is 3.46. The van der Waals surface area contributed by atoms with Crippen molar-refractivity contribution in [2.75, 3.05) is 18.4 Å². The van der Waals surface area contributed by atoms with Crippen molar-refractivity contribution < 1.29 is 14.7 Å². The van der Waals surface area contributed by atoms with Crippen molar-refractivity contribution in [3.05, 3.63) is 36.4 Å². The molecule has 0 radical (unpaired) electrons. The number of amides is 2. The number of likely N-dealkylation sites (tertiary alicyclic amines) is 1. The van der Waals surface area contributed by atoms with E-state index in [0.29, 0.717) is 30.8 Å². The molecular formula is C22H29N7O3. The second kappa shape index (κ2) is 8.62. The number of fused-ring (bicyclic) bond motifs is 1. The van der Waals surface area contributed by atoms with Crippen LogP contribution in [0.2, 0.25) is 0 Å². The largest absolute Gasteiger partial charge is 0.384 e. The Hall–Kier alpha value is -3.40. The van der Waals surface area contributed by atoms with Crippen molar-refractivity contribution in [1.82, 2.24) is 24.3 Å². The van der Waals surface area contributed by atoms with E-state index in [4.69, 9.17) is 5.73 Å². The molecule has 0 unspecified atom stereocenters. The van der Waals surface area contributed by atoms with Gasteiger partial charge in [-0.2, -0.15) is 10.2 Å². The SMILES string of the molecule is CC[C@@H]1CN(C(=O)[C@@H](C)O)CC[C@H]1Nc1c(C(N)=O)cnn2cc(-c3cnn(C)c3)cc12. The number of nitrogens with two attached hydrogens (primary N) is 1. The first-order chi connectivity index (χ1) is 15.3. The number of carbonyl (C=O) groups is 2. The number of nitrogens with one attached hydrogen (secondary N) is 1. The van der Waals surface area contributed by atoms with Crippen molar-refractivity contribution in [3.63, 3.8) is 0 Å².